The van der Waals surface area contributed by atoms with Crippen LogP contribution in [0.4, 0.5) is 22.0 Å². The van der Waals surface area contributed by atoms with E-state index in [1.807, 2.05) is 0 Å². The van der Waals surface area contributed by atoms with E-state index in [9.17, 15) is 36.4 Å². The molecule has 4 rings (SSSR count). The zero-order valence-corrected chi connectivity index (χ0v) is 25.5. The van der Waals surface area contributed by atoms with E-state index in [4.69, 9.17) is 4.74 Å². The molecule has 4 aliphatic carbocycles. The third kappa shape index (κ3) is 7.28. The molecule has 1 N–H and O–H groups in total. The molecule has 41 heavy (non-hydrogen) atoms. The topological polar surface area (TPSA) is 69.6 Å². The van der Waals surface area contributed by atoms with Crippen LogP contribution < -0.4 is 0 Å². The highest BCUT2D eigenvalue weighted by Crippen LogP contribution is 2.66. The zero-order valence-electron chi connectivity index (χ0n) is 24.7. The van der Waals surface area contributed by atoms with E-state index in [1.54, 1.807) is 0 Å². The number of carbonyl (C=O) groups excluding carboxylic acids is 1. The summed E-state index contributed by atoms with van der Waals surface area (Å²) in [5.74, 6) is -2.24. The Morgan fingerprint density at radius 1 is 0.951 bits per heavy atom. The number of halogens is 5. The smallest absolute Gasteiger partial charge is 0.453 e. The summed E-state index contributed by atoms with van der Waals surface area (Å²) < 4.78 is 81.3. The van der Waals surface area contributed by atoms with E-state index in [1.165, 1.54) is 0 Å². The van der Waals surface area contributed by atoms with Crippen molar-refractivity contribution in [1.82, 2.24) is 0 Å². The molecular weight excluding hydrogens is 563 g/mol. The molecule has 0 spiro atoms. The number of unbranched alkanes of at least 4 members (excludes halogenated alkanes) is 4. The van der Waals surface area contributed by atoms with Crippen LogP contribution in [0.1, 0.15) is 110 Å². The van der Waals surface area contributed by atoms with Crippen LogP contribution in [0.25, 0.3) is 0 Å². The average molecular weight is 613 g/mol. The first-order valence-corrected chi connectivity index (χ1v) is 17.3. The van der Waals surface area contributed by atoms with Gasteiger partial charge in [-0.25, -0.2) is 0 Å². The number of ketones is 1. The fourth-order valence-electron chi connectivity index (χ4n) is 9.09. The second kappa shape index (κ2) is 13.3. The van der Waals surface area contributed by atoms with Crippen LogP contribution >= 0.6 is 0 Å². The number of hydrogen-bond acceptors (Lipinski definition) is 4. The molecule has 1 unspecified atom stereocenters. The average Bonchev–Trinajstić information content (AvgIpc) is 3.18. The number of aliphatic hydroxyl groups is 1. The Kier molecular flexibility index (Phi) is 10.8. The van der Waals surface area contributed by atoms with Crippen molar-refractivity contribution in [2.75, 3.05) is 18.1 Å². The maximum atomic E-state index is 13.0. The second-order valence-electron chi connectivity index (χ2n) is 14.0. The molecule has 238 valence electrons. The summed E-state index contributed by atoms with van der Waals surface area (Å²) >= 11 is -1.38. The predicted octanol–water partition coefficient (Wildman–Crippen LogP) is 7.63. The van der Waals surface area contributed by atoms with Crippen molar-refractivity contribution in [3.63, 3.8) is 0 Å². The molecule has 4 saturated carbocycles. The van der Waals surface area contributed by atoms with Crippen LogP contribution in [-0.2, 0) is 20.7 Å². The second-order valence-corrected chi connectivity index (χ2v) is 15.6. The van der Waals surface area contributed by atoms with Crippen molar-refractivity contribution in [3.05, 3.63) is 0 Å². The minimum atomic E-state index is -5.55. The molecule has 4 fully saturated rings. The summed E-state index contributed by atoms with van der Waals surface area (Å²) in [5.41, 5.74) is -0.00748. The standard InChI is InChI=1S/C31H49F5O4S/c1-28-15-13-22(37)19-21(28)9-10-23-24-11-12-26(38)29(24,2)20-25(27(23)28)40-16-6-4-3-5-7-17-41(39)18-8-14-30(32,33)31(34,35)36/h21,23-27,38H,3-20H2,1-2H3/t21-,23-,24-,25-,26-,27+,28-,29-,41?/m0/s1. The summed E-state index contributed by atoms with van der Waals surface area (Å²) in [6.45, 7) is 5.30. The predicted molar refractivity (Wildman–Crippen MR) is 149 cm³/mol. The molecule has 0 aliphatic heterocycles. The maximum Gasteiger partial charge on any atom is 0.453 e. The van der Waals surface area contributed by atoms with Gasteiger partial charge in [-0.3, -0.25) is 4.79 Å². The number of carbonyl (C=O) groups is 1. The first kappa shape index (κ1) is 33.4. The Morgan fingerprint density at radius 2 is 1.63 bits per heavy atom. The number of aliphatic hydroxyl groups excluding tert-OH is 1. The monoisotopic (exact) mass is 612 g/mol. The van der Waals surface area contributed by atoms with Gasteiger partial charge in [0.05, 0.1) is 12.2 Å². The van der Waals surface area contributed by atoms with Gasteiger partial charge < -0.3 is 14.4 Å². The van der Waals surface area contributed by atoms with Crippen molar-refractivity contribution >= 4 is 17.0 Å². The summed E-state index contributed by atoms with van der Waals surface area (Å²) in [6.07, 6.45) is 4.10. The minimum Gasteiger partial charge on any atom is -0.616 e. The van der Waals surface area contributed by atoms with E-state index >= 15 is 0 Å². The third-order valence-electron chi connectivity index (χ3n) is 11.5. The van der Waals surface area contributed by atoms with Crippen molar-refractivity contribution < 1.29 is 41.1 Å². The number of Topliss-reactive ketones (excluding diaryl/α,β-unsaturated/α-hetero) is 1. The van der Waals surface area contributed by atoms with Gasteiger partial charge in [0.2, 0.25) is 0 Å². The van der Waals surface area contributed by atoms with E-state index in [0.29, 0.717) is 61.1 Å². The van der Waals surface area contributed by atoms with E-state index in [-0.39, 0.29) is 28.8 Å². The Labute approximate surface area is 245 Å². The Bertz CT molecular complexity index is 887. The quantitative estimate of drug-likeness (QED) is 0.132. The number of rotatable bonds is 13. The van der Waals surface area contributed by atoms with Gasteiger partial charge in [0.1, 0.15) is 17.3 Å². The van der Waals surface area contributed by atoms with Crippen molar-refractivity contribution in [3.8, 4) is 0 Å². The molecule has 4 aliphatic rings. The molecule has 10 heteroatoms. The normalized spacial score (nSPS) is 38.3. The number of alkyl halides is 5. The molecule has 4 nitrogen and oxygen atoms in total. The van der Waals surface area contributed by atoms with Crippen LogP contribution in [-0.4, -0.2) is 57.9 Å². The fourth-order valence-corrected chi connectivity index (χ4v) is 10.3. The summed E-state index contributed by atoms with van der Waals surface area (Å²) in [7, 11) is 0. The molecule has 0 amide bonds. The van der Waals surface area contributed by atoms with Gasteiger partial charge >= 0.3 is 12.1 Å². The van der Waals surface area contributed by atoms with Gasteiger partial charge in [0.25, 0.3) is 0 Å². The van der Waals surface area contributed by atoms with Gasteiger partial charge in [-0.05, 0) is 98.7 Å². The first-order valence-electron chi connectivity index (χ1n) is 15.8. The zero-order chi connectivity index (χ0) is 30.1. The molecule has 0 saturated heterocycles. The van der Waals surface area contributed by atoms with Gasteiger partial charge in [-0.2, -0.15) is 22.0 Å². The molecule has 0 aromatic carbocycles. The third-order valence-corrected chi connectivity index (χ3v) is 13.0. The van der Waals surface area contributed by atoms with E-state index in [0.717, 1.165) is 64.2 Å². The highest BCUT2D eigenvalue weighted by Gasteiger charge is 2.63. The lowest BCUT2D eigenvalue weighted by Crippen LogP contribution is -2.60. The molecule has 9 atom stereocenters. The summed E-state index contributed by atoms with van der Waals surface area (Å²) in [6, 6.07) is 0. The van der Waals surface area contributed by atoms with Crippen molar-refractivity contribution in [2.45, 2.75) is 134 Å². The lowest BCUT2D eigenvalue weighted by molar-refractivity contribution is -0.284. The highest BCUT2D eigenvalue weighted by atomic mass is 32.2. The number of fused-ring (bicyclic) bond motifs is 5. The first-order chi connectivity index (χ1) is 19.2. The maximum absolute atomic E-state index is 13.0. The molecule has 0 aromatic heterocycles. The Morgan fingerprint density at radius 3 is 2.37 bits per heavy atom. The number of ether oxygens (including phenoxy) is 1. The lowest BCUT2D eigenvalue weighted by Gasteiger charge is -2.62. The molecule has 0 radical (unpaired) electrons. The van der Waals surface area contributed by atoms with Gasteiger partial charge in [0.15, 0.2) is 0 Å². The van der Waals surface area contributed by atoms with Gasteiger partial charge in [-0.15, -0.1) is 0 Å². The van der Waals surface area contributed by atoms with Crippen LogP contribution in [0.3, 0.4) is 0 Å². The number of hydrogen-bond donors (Lipinski definition) is 1. The Balaban J connectivity index is 1.19. The van der Waals surface area contributed by atoms with E-state index < -0.39 is 36.1 Å². The molecule has 0 bridgehead atoms. The van der Waals surface area contributed by atoms with E-state index in [2.05, 4.69) is 13.8 Å². The Hall–Kier alpha value is -0.450. The fraction of sp³-hybridized carbons (Fsp3) is 0.968. The highest BCUT2D eigenvalue weighted by molar-refractivity contribution is 7.91. The van der Waals surface area contributed by atoms with Crippen LogP contribution in [0.2, 0.25) is 0 Å². The molecule has 0 aromatic rings. The molecular formula is C31H49F5O4S. The van der Waals surface area contributed by atoms with Gasteiger partial charge in [-0.1, -0.05) is 37.9 Å². The van der Waals surface area contributed by atoms with Crippen molar-refractivity contribution in [1.29, 1.82) is 0 Å². The minimum absolute atomic E-state index is 0.0853. The van der Waals surface area contributed by atoms with Crippen LogP contribution in [0, 0.1) is 34.5 Å². The lowest BCUT2D eigenvalue weighted by atomic mass is 9.44. The summed E-state index contributed by atoms with van der Waals surface area (Å²) in [5, 5.41) is 11.0. The van der Waals surface area contributed by atoms with Crippen LogP contribution in [0.5, 0.6) is 0 Å². The van der Waals surface area contributed by atoms with Crippen LogP contribution in [0.15, 0.2) is 0 Å². The molecule has 0 heterocycles. The SMILES string of the molecule is C[C@]12CCC(=O)C[C@@H]1CC[C@@H]1[C@@H]2[C@@H](OCCCCCCC[S+]([O-])CCCC(F)(F)C(F)(F)F)C[C@]2(C)[C@@H](O)CC[C@@H]12. The van der Waals surface area contributed by atoms with Crippen molar-refractivity contribution in [2.24, 2.45) is 34.5 Å². The van der Waals surface area contributed by atoms with Gasteiger partial charge in [0, 0.05) is 25.9 Å². The largest absolute Gasteiger partial charge is 0.616 e. The summed E-state index contributed by atoms with van der Waals surface area (Å²) in [4.78, 5) is 12.3.